The molecule has 1 atom stereocenters. The van der Waals surface area contributed by atoms with Gasteiger partial charge in [-0.25, -0.2) is 0 Å². The first-order valence-corrected chi connectivity index (χ1v) is 7.23. The van der Waals surface area contributed by atoms with Crippen LogP contribution in [0.3, 0.4) is 0 Å². The van der Waals surface area contributed by atoms with E-state index in [1.165, 1.54) is 5.56 Å². The summed E-state index contributed by atoms with van der Waals surface area (Å²) in [5.74, 6) is 1.07. The Morgan fingerprint density at radius 2 is 1.90 bits per heavy atom. The van der Waals surface area contributed by atoms with Crippen molar-refractivity contribution in [3.63, 3.8) is 0 Å². The second kappa shape index (κ2) is 8.59. The number of hydrogen-bond acceptors (Lipinski definition) is 2. The molecule has 0 bridgehead atoms. The Balaban J connectivity index is 2.49. The zero-order valence-electron chi connectivity index (χ0n) is 13.1. The lowest BCUT2D eigenvalue weighted by molar-refractivity contribution is 0.290. The fourth-order valence-electron chi connectivity index (χ4n) is 1.88. The van der Waals surface area contributed by atoms with Gasteiger partial charge in [-0.15, -0.1) is 0 Å². The average Bonchev–Trinajstić information content (AvgIpc) is 2.42. The van der Waals surface area contributed by atoms with E-state index in [4.69, 9.17) is 5.73 Å². The van der Waals surface area contributed by atoms with Gasteiger partial charge in [-0.1, -0.05) is 44.2 Å². The maximum atomic E-state index is 5.88. The molecule has 4 heteroatoms. The van der Waals surface area contributed by atoms with Crippen molar-refractivity contribution in [2.24, 2.45) is 16.6 Å². The molecule has 0 fully saturated rings. The van der Waals surface area contributed by atoms with Crippen LogP contribution in [-0.4, -0.2) is 44.1 Å². The Kier molecular flexibility index (Phi) is 7.09. The molecular formula is C16H28N4. The maximum absolute atomic E-state index is 5.88. The maximum Gasteiger partial charge on any atom is 0.188 e. The number of nitrogens with one attached hydrogen (secondary N) is 1. The van der Waals surface area contributed by atoms with Crippen molar-refractivity contribution in [3.8, 4) is 0 Å². The summed E-state index contributed by atoms with van der Waals surface area (Å²) in [5, 5.41) is 3.23. The lowest BCUT2D eigenvalue weighted by Gasteiger charge is -2.25. The lowest BCUT2D eigenvalue weighted by atomic mass is 10.1. The molecule has 1 aromatic carbocycles. The second-order valence-electron chi connectivity index (χ2n) is 5.81. The van der Waals surface area contributed by atoms with Crippen LogP contribution >= 0.6 is 0 Å². The molecule has 0 aliphatic rings. The van der Waals surface area contributed by atoms with Crippen LogP contribution in [0.25, 0.3) is 0 Å². The summed E-state index contributed by atoms with van der Waals surface area (Å²) in [5.41, 5.74) is 7.22. The van der Waals surface area contributed by atoms with Crippen LogP contribution in [-0.2, 0) is 6.42 Å². The predicted octanol–water partition coefficient (Wildman–Crippen LogP) is 1.72. The van der Waals surface area contributed by atoms with Gasteiger partial charge in [0.25, 0.3) is 0 Å². The molecule has 112 valence electrons. The van der Waals surface area contributed by atoms with Crippen LogP contribution < -0.4 is 11.1 Å². The summed E-state index contributed by atoms with van der Waals surface area (Å²) in [7, 11) is 4.19. The predicted molar refractivity (Wildman–Crippen MR) is 87.0 cm³/mol. The van der Waals surface area contributed by atoms with Gasteiger partial charge in [0.15, 0.2) is 5.96 Å². The summed E-state index contributed by atoms with van der Waals surface area (Å²) < 4.78 is 0. The molecule has 0 spiro atoms. The third kappa shape index (κ3) is 6.57. The van der Waals surface area contributed by atoms with Gasteiger partial charge in [-0.05, 0) is 32.0 Å². The highest BCUT2D eigenvalue weighted by Crippen LogP contribution is 2.06. The number of benzene rings is 1. The highest BCUT2D eigenvalue weighted by molar-refractivity contribution is 5.77. The van der Waals surface area contributed by atoms with Crippen molar-refractivity contribution < 1.29 is 0 Å². The Morgan fingerprint density at radius 3 is 2.45 bits per heavy atom. The van der Waals surface area contributed by atoms with Crippen LogP contribution in [0.15, 0.2) is 35.3 Å². The van der Waals surface area contributed by atoms with E-state index in [0.29, 0.717) is 17.9 Å². The van der Waals surface area contributed by atoms with Crippen LogP contribution in [0.2, 0.25) is 0 Å². The van der Waals surface area contributed by atoms with Crippen molar-refractivity contribution in [2.45, 2.75) is 26.3 Å². The number of hydrogen-bond donors (Lipinski definition) is 2. The van der Waals surface area contributed by atoms with E-state index >= 15 is 0 Å². The number of rotatable bonds is 7. The first-order valence-electron chi connectivity index (χ1n) is 7.23. The molecule has 0 radical (unpaired) electrons. The molecule has 0 amide bonds. The zero-order valence-corrected chi connectivity index (χ0v) is 13.1. The summed E-state index contributed by atoms with van der Waals surface area (Å²) in [6, 6.07) is 10.9. The minimum absolute atomic E-state index is 0.394. The van der Waals surface area contributed by atoms with Crippen molar-refractivity contribution in [3.05, 3.63) is 35.9 Å². The molecule has 4 nitrogen and oxygen atoms in total. The van der Waals surface area contributed by atoms with E-state index < -0.39 is 0 Å². The third-order valence-electron chi connectivity index (χ3n) is 3.19. The molecule has 1 aromatic rings. The monoisotopic (exact) mass is 276 g/mol. The van der Waals surface area contributed by atoms with Crippen molar-refractivity contribution in [1.82, 2.24) is 10.2 Å². The first-order chi connectivity index (χ1) is 9.49. The zero-order chi connectivity index (χ0) is 15.0. The molecule has 0 aliphatic heterocycles. The Labute approximate surface area is 123 Å². The van der Waals surface area contributed by atoms with Gasteiger partial charge in [0.1, 0.15) is 0 Å². The van der Waals surface area contributed by atoms with Crippen molar-refractivity contribution >= 4 is 5.96 Å². The Bertz CT molecular complexity index is 398. The molecule has 1 rings (SSSR count). The largest absolute Gasteiger partial charge is 0.370 e. The first kappa shape index (κ1) is 16.5. The normalized spacial score (nSPS) is 13.8. The standard InChI is InChI=1S/C16H28N4/c1-13(2)11-18-16(17)19-12-15(20(3)4)10-14-8-6-5-7-9-14/h5-9,13,15H,10-12H2,1-4H3,(H3,17,18,19). The van der Waals surface area contributed by atoms with E-state index in [0.717, 1.165) is 19.5 Å². The number of aliphatic imine (C=N–C) groups is 1. The average molecular weight is 276 g/mol. The van der Waals surface area contributed by atoms with E-state index in [9.17, 15) is 0 Å². The summed E-state index contributed by atoms with van der Waals surface area (Å²) in [6.45, 7) is 5.84. The summed E-state index contributed by atoms with van der Waals surface area (Å²) in [6.07, 6.45) is 0.998. The molecule has 0 aromatic heterocycles. The quantitative estimate of drug-likeness (QED) is 0.589. The van der Waals surface area contributed by atoms with Gasteiger partial charge in [-0.2, -0.15) is 0 Å². The van der Waals surface area contributed by atoms with E-state index in [1.807, 2.05) is 6.07 Å². The summed E-state index contributed by atoms with van der Waals surface area (Å²) in [4.78, 5) is 6.54. The van der Waals surface area contributed by atoms with Gasteiger partial charge in [0.2, 0.25) is 0 Å². The number of nitrogens with zero attached hydrogens (tertiary/aromatic N) is 2. The Hall–Kier alpha value is -1.55. The number of nitrogens with two attached hydrogens (primary N) is 1. The van der Waals surface area contributed by atoms with Crippen LogP contribution in [0.5, 0.6) is 0 Å². The molecule has 0 aliphatic carbocycles. The lowest BCUT2D eigenvalue weighted by Crippen LogP contribution is -2.44. The van der Waals surface area contributed by atoms with E-state index in [-0.39, 0.29) is 0 Å². The van der Waals surface area contributed by atoms with Crippen LogP contribution in [0, 0.1) is 5.92 Å². The van der Waals surface area contributed by atoms with Gasteiger partial charge in [0, 0.05) is 19.1 Å². The van der Waals surface area contributed by atoms with Gasteiger partial charge in [0.05, 0.1) is 0 Å². The van der Waals surface area contributed by atoms with E-state index in [1.54, 1.807) is 0 Å². The fraction of sp³-hybridized carbons (Fsp3) is 0.562. The topological polar surface area (TPSA) is 53.6 Å². The van der Waals surface area contributed by atoms with Gasteiger partial charge >= 0.3 is 0 Å². The molecule has 0 heterocycles. The molecule has 1 unspecified atom stereocenters. The van der Waals surface area contributed by atoms with Crippen LogP contribution in [0.1, 0.15) is 19.4 Å². The molecule has 20 heavy (non-hydrogen) atoms. The van der Waals surface area contributed by atoms with Crippen molar-refractivity contribution in [1.29, 1.82) is 0 Å². The molecule has 0 saturated heterocycles. The summed E-state index contributed by atoms with van der Waals surface area (Å²) >= 11 is 0. The minimum atomic E-state index is 0.394. The minimum Gasteiger partial charge on any atom is -0.370 e. The molecule has 0 saturated carbocycles. The van der Waals surface area contributed by atoms with Crippen molar-refractivity contribution in [2.75, 3.05) is 27.2 Å². The highest BCUT2D eigenvalue weighted by atomic mass is 15.2. The number of likely N-dealkylation sites (N-methyl/N-ethyl adjacent to an activating group) is 1. The highest BCUT2D eigenvalue weighted by Gasteiger charge is 2.12. The SMILES string of the molecule is CC(C)CN=C(N)NCC(Cc1ccccc1)N(C)C. The van der Waals surface area contributed by atoms with Crippen LogP contribution in [0.4, 0.5) is 0 Å². The van der Waals surface area contributed by atoms with E-state index in [2.05, 4.69) is 67.4 Å². The smallest absolute Gasteiger partial charge is 0.188 e. The fourth-order valence-corrected chi connectivity index (χ4v) is 1.88. The molecular weight excluding hydrogens is 248 g/mol. The van der Waals surface area contributed by atoms with Gasteiger partial charge < -0.3 is 16.0 Å². The number of guanidine groups is 1. The van der Waals surface area contributed by atoms with Gasteiger partial charge in [-0.3, -0.25) is 4.99 Å². The third-order valence-corrected chi connectivity index (χ3v) is 3.19. The second-order valence-corrected chi connectivity index (χ2v) is 5.81. The molecule has 3 N–H and O–H groups in total. The Morgan fingerprint density at radius 1 is 1.25 bits per heavy atom.